The van der Waals surface area contributed by atoms with Crippen LogP contribution in [0.2, 0.25) is 0 Å². The van der Waals surface area contributed by atoms with Gasteiger partial charge in [-0.2, -0.15) is 0 Å². The van der Waals surface area contributed by atoms with Crippen LogP contribution in [0, 0.1) is 12.7 Å². The summed E-state index contributed by atoms with van der Waals surface area (Å²) in [7, 11) is 0. The molecule has 2 N–H and O–H groups in total. The molecule has 148 valence electrons. The second-order valence-corrected chi connectivity index (χ2v) is 6.61. The Morgan fingerprint density at radius 2 is 1.79 bits per heavy atom. The molecule has 1 aromatic heterocycles. The second kappa shape index (κ2) is 8.52. The highest BCUT2D eigenvalue weighted by Crippen LogP contribution is 2.21. The summed E-state index contributed by atoms with van der Waals surface area (Å²) in [5, 5.41) is 5.35. The fourth-order valence-corrected chi connectivity index (χ4v) is 2.87. The van der Waals surface area contributed by atoms with Crippen LogP contribution in [0.3, 0.4) is 0 Å². The Bertz CT molecular complexity index is 1140. The minimum Gasteiger partial charge on any atom is -0.326 e. The number of amides is 2. The van der Waals surface area contributed by atoms with Gasteiger partial charge in [0, 0.05) is 30.1 Å². The number of rotatable bonds is 5. The van der Waals surface area contributed by atoms with Crippen molar-refractivity contribution in [3.63, 3.8) is 0 Å². The fourth-order valence-electron chi connectivity index (χ4n) is 2.87. The minimum absolute atomic E-state index is 0.0175. The van der Waals surface area contributed by atoms with Crippen molar-refractivity contribution in [3.8, 4) is 0 Å². The van der Waals surface area contributed by atoms with Crippen molar-refractivity contribution in [3.05, 3.63) is 93.7 Å². The summed E-state index contributed by atoms with van der Waals surface area (Å²) in [5.41, 5.74) is 1.55. The van der Waals surface area contributed by atoms with Gasteiger partial charge in [0.2, 0.25) is 5.91 Å². The number of hydrogen-bond acceptors (Lipinski definition) is 3. The van der Waals surface area contributed by atoms with Gasteiger partial charge in [0.1, 0.15) is 11.4 Å². The summed E-state index contributed by atoms with van der Waals surface area (Å²) < 4.78 is 15.2. The maximum Gasteiger partial charge on any atom is 0.263 e. The minimum atomic E-state index is -0.582. The summed E-state index contributed by atoms with van der Waals surface area (Å²) in [6.07, 6.45) is 1.51. The van der Waals surface area contributed by atoms with E-state index in [9.17, 15) is 18.8 Å². The number of anilines is 2. The predicted octanol–water partition coefficient (Wildman–Crippen LogP) is 3.55. The Kier molecular flexibility index (Phi) is 5.87. The highest BCUT2D eigenvalue weighted by atomic mass is 19.1. The molecule has 2 aromatic carbocycles. The van der Waals surface area contributed by atoms with Gasteiger partial charge < -0.3 is 15.2 Å². The van der Waals surface area contributed by atoms with Crippen LogP contribution in [0.15, 0.2) is 65.6 Å². The van der Waals surface area contributed by atoms with Gasteiger partial charge in [0.05, 0.1) is 6.54 Å². The van der Waals surface area contributed by atoms with Crippen LogP contribution in [0.4, 0.5) is 15.8 Å². The third-order valence-electron chi connectivity index (χ3n) is 4.37. The Morgan fingerprint density at radius 1 is 1.03 bits per heavy atom. The van der Waals surface area contributed by atoms with Gasteiger partial charge in [-0.3, -0.25) is 14.4 Å². The molecule has 0 aliphatic heterocycles. The number of aryl methyl sites for hydroxylation is 1. The molecule has 2 amide bonds. The fraction of sp³-hybridized carbons (Fsp3) is 0.136. The molecule has 0 aliphatic rings. The van der Waals surface area contributed by atoms with Crippen molar-refractivity contribution in [2.24, 2.45) is 0 Å². The molecule has 0 aliphatic carbocycles. The zero-order chi connectivity index (χ0) is 21.0. The standard InChI is InChI=1S/C22H20FN3O3/c1-14-9-10-17(24-15(2)27)12-20(14)25-21(28)18-7-5-11-26(22(18)29)13-16-6-3-4-8-19(16)23/h3-12H,13H2,1-2H3,(H,24,27)(H,25,28). The van der Waals surface area contributed by atoms with Crippen LogP contribution in [-0.2, 0) is 11.3 Å². The molecule has 6 nitrogen and oxygen atoms in total. The molecule has 0 fully saturated rings. The van der Waals surface area contributed by atoms with Crippen LogP contribution in [-0.4, -0.2) is 16.4 Å². The van der Waals surface area contributed by atoms with Gasteiger partial charge in [-0.05, 0) is 42.8 Å². The van der Waals surface area contributed by atoms with Crippen molar-refractivity contribution in [1.82, 2.24) is 4.57 Å². The van der Waals surface area contributed by atoms with Crippen LogP contribution < -0.4 is 16.2 Å². The Balaban J connectivity index is 1.86. The predicted molar refractivity (Wildman–Crippen MR) is 110 cm³/mol. The van der Waals surface area contributed by atoms with Gasteiger partial charge in [0.25, 0.3) is 11.5 Å². The summed E-state index contributed by atoms with van der Waals surface area (Å²) in [4.78, 5) is 36.7. The van der Waals surface area contributed by atoms with Gasteiger partial charge in [0.15, 0.2) is 0 Å². The van der Waals surface area contributed by atoms with E-state index in [4.69, 9.17) is 0 Å². The van der Waals surface area contributed by atoms with E-state index in [2.05, 4.69) is 10.6 Å². The molecule has 0 saturated carbocycles. The zero-order valence-corrected chi connectivity index (χ0v) is 16.0. The van der Waals surface area contributed by atoms with Crippen LogP contribution in [0.5, 0.6) is 0 Å². The quantitative estimate of drug-likeness (QED) is 0.696. The van der Waals surface area contributed by atoms with E-state index in [1.165, 1.54) is 29.8 Å². The zero-order valence-electron chi connectivity index (χ0n) is 16.0. The number of aromatic nitrogens is 1. The lowest BCUT2D eigenvalue weighted by Gasteiger charge is -2.12. The molecule has 3 rings (SSSR count). The molecule has 0 unspecified atom stereocenters. The SMILES string of the molecule is CC(=O)Nc1ccc(C)c(NC(=O)c2cccn(Cc3ccccc3F)c2=O)c1. The summed E-state index contributed by atoms with van der Waals surface area (Å²) in [5.74, 6) is -1.23. The molecular weight excluding hydrogens is 373 g/mol. The largest absolute Gasteiger partial charge is 0.326 e. The molecule has 0 atom stereocenters. The first-order valence-corrected chi connectivity index (χ1v) is 8.97. The number of benzene rings is 2. The molecule has 0 bridgehead atoms. The van der Waals surface area contributed by atoms with Crippen LogP contribution >= 0.6 is 0 Å². The maximum absolute atomic E-state index is 13.9. The van der Waals surface area contributed by atoms with Gasteiger partial charge in [-0.1, -0.05) is 24.3 Å². The van der Waals surface area contributed by atoms with E-state index in [-0.39, 0.29) is 18.0 Å². The van der Waals surface area contributed by atoms with Crippen molar-refractivity contribution < 1.29 is 14.0 Å². The first-order chi connectivity index (χ1) is 13.8. The molecule has 1 heterocycles. The average molecular weight is 393 g/mol. The lowest BCUT2D eigenvalue weighted by molar-refractivity contribution is -0.114. The van der Waals surface area contributed by atoms with Gasteiger partial charge in [-0.15, -0.1) is 0 Å². The average Bonchev–Trinajstić information content (AvgIpc) is 2.67. The first-order valence-electron chi connectivity index (χ1n) is 8.97. The second-order valence-electron chi connectivity index (χ2n) is 6.61. The van der Waals surface area contributed by atoms with Gasteiger partial charge in [-0.25, -0.2) is 4.39 Å². The van der Waals surface area contributed by atoms with Crippen molar-refractivity contribution >= 4 is 23.2 Å². The number of carbonyl (C=O) groups is 2. The van der Waals surface area contributed by atoms with Crippen molar-refractivity contribution in [1.29, 1.82) is 0 Å². The van der Waals surface area contributed by atoms with Crippen molar-refractivity contribution in [2.45, 2.75) is 20.4 Å². The number of halogens is 1. The lowest BCUT2D eigenvalue weighted by atomic mass is 10.1. The number of nitrogens with one attached hydrogen (secondary N) is 2. The van der Waals surface area contributed by atoms with E-state index in [1.807, 2.05) is 0 Å². The Labute approximate surface area is 167 Å². The Morgan fingerprint density at radius 3 is 2.52 bits per heavy atom. The van der Waals surface area contributed by atoms with E-state index in [1.54, 1.807) is 49.4 Å². The molecule has 7 heteroatoms. The third-order valence-corrected chi connectivity index (χ3v) is 4.37. The first kappa shape index (κ1) is 20.0. The highest BCUT2D eigenvalue weighted by molar-refractivity contribution is 6.04. The molecule has 0 spiro atoms. The van der Waals surface area contributed by atoms with Gasteiger partial charge >= 0.3 is 0 Å². The van der Waals surface area contributed by atoms with Crippen molar-refractivity contribution in [2.75, 3.05) is 10.6 Å². The summed E-state index contributed by atoms with van der Waals surface area (Å²) in [6.45, 7) is 3.21. The molecule has 3 aromatic rings. The third kappa shape index (κ3) is 4.76. The summed E-state index contributed by atoms with van der Waals surface area (Å²) in [6, 6.07) is 14.2. The molecule has 0 radical (unpaired) electrons. The van der Waals surface area contributed by atoms with E-state index >= 15 is 0 Å². The molecule has 0 saturated heterocycles. The highest BCUT2D eigenvalue weighted by Gasteiger charge is 2.15. The number of pyridine rings is 1. The monoisotopic (exact) mass is 393 g/mol. The van der Waals surface area contributed by atoms with E-state index in [0.29, 0.717) is 16.9 Å². The number of hydrogen-bond donors (Lipinski definition) is 2. The van der Waals surface area contributed by atoms with E-state index in [0.717, 1.165) is 5.56 Å². The lowest BCUT2D eigenvalue weighted by Crippen LogP contribution is -2.29. The van der Waals surface area contributed by atoms with Crippen LogP contribution in [0.1, 0.15) is 28.4 Å². The maximum atomic E-state index is 13.9. The smallest absolute Gasteiger partial charge is 0.263 e. The number of nitrogens with zero attached hydrogens (tertiary/aromatic N) is 1. The topological polar surface area (TPSA) is 80.2 Å². The van der Waals surface area contributed by atoms with Crippen LogP contribution in [0.25, 0.3) is 0 Å². The normalized spacial score (nSPS) is 10.4. The molecular formula is C22H20FN3O3. The molecule has 29 heavy (non-hydrogen) atoms. The Hall–Kier alpha value is -3.74. The van der Waals surface area contributed by atoms with E-state index < -0.39 is 17.3 Å². The summed E-state index contributed by atoms with van der Waals surface area (Å²) >= 11 is 0. The number of carbonyl (C=O) groups excluding carboxylic acids is 2.